The molecule has 1 fully saturated rings. The number of nitrogens with zero attached hydrogens (tertiary/aromatic N) is 5. The molecule has 2 aliphatic heterocycles. The van der Waals surface area contributed by atoms with Gasteiger partial charge in [0.05, 0.1) is 0 Å². The minimum Gasteiger partial charge on any atom is -0.454 e. The summed E-state index contributed by atoms with van der Waals surface area (Å²) in [5, 5.41) is 6.15. The molecule has 0 spiro atoms. The summed E-state index contributed by atoms with van der Waals surface area (Å²) in [5.41, 5.74) is 0.679. The molecule has 0 aliphatic carbocycles. The van der Waals surface area contributed by atoms with Gasteiger partial charge in [-0.1, -0.05) is 6.07 Å². The van der Waals surface area contributed by atoms with Gasteiger partial charge in [-0.2, -0.15) is 0 Å². The number of benzene rings is 1. The number of nitrogens with one attached hydrogen (secondary N) is 2. The summed E-state index contributed by atoms with van der Waals surface area (Å²) in [5.74, 6) is 4.24. The first-order valence-corrected chi connectivity index (χ1v) is 10.4. The van der Waals surface area contributed by atoms with Crippen LogP contribution in [0.5, 0.6) is 11.5 Å². The molecule has 0 radical (unpaired) electrons. The highest BCUT2D eigenvalue weighted by Crippen LogP contribution is 2.34. The summed E-state index contributed by atoms with van der Waals surface area (Å²) in [6.45, 7) is 4.59. The molecular formula is C22H23N7O3. The van der Waals surface area contributed by atoms with E-state index in [1.165, 1.54) is 0 Å². The van der Waals surface area contributed by atoms with Gasteiger partial charge in [-0.3, -0.25) is 0 Å². The SMILES string of the molecule is Cc1nc(Nc2ccccn2)cc(N2CCN(C(=O)Nc3ccc4c(c3)OCO4)CC2)n1. The van der Waals surface area contributed by atoms with Crippen LogP contribution >= 0.6 is 0 Å². The number of rotatable bonds is 4. The molecule has 2 N–H and O–H groups in total. The third kappa shape index (κ3) is 4.34. The standard InChI is InChI=1S/C22H23N7O3/c1-15-24-20(27-19-4-2-3-7-23-19)13-21(25-15)28-8-10-29(11-9-28)22(30)26-16-5-6-17-18(12-16)32-14-31-17/h2-7,12-13H,8-11,14H2,1H3,(H,26,30)(H,23,24,25,27). The number of hydrogen-bond acceptors (Lipinski definition) is 8. The maximum atomic E-state index is 12.7. The van der Waals surface area contributed by atoms with Gasteiger partial charge < -0.3 is 29.9 Å². The van der Waals surface area contributed by atoms with Gasteiger partial charge in [0.15, 0.2) is 11.5 Å². The van der Waals surface area contributed by atoms with Crippen LogP contribution in [0.1, 0.15) is 5.82 Å². The van der Waals surface area contributed by atoms with Crippen molar-refractivity contribution in [3.63, 3.8) is 0 Å². The molecule has 2 aliphatic rings. The highest BCUT2D eigenvalue weighted by Gasteiger charge is 2.23. The molecular weight excluding hydrogens is 410 g/mol. The van der Waals surface area contributed by atoms with Crippen LogP contribution in [0.25, 0.3) is 0 Å². The number of carbonyl (C=O) groups is 1. The summed E-state index contributed by atoms with van der Waals surface area (Å²) < 4.78 is 10.7. The van der Waals surface area contributed by atoms with Crippen molar-refractivity contribution >= 4 is 29.2 Å². The Labute approximate surface area is 185 Å². The fourth-order valence-electron chi connectivity index (χ4n) is 3.66. The van der Waals surface area contributed by atoms with Crippen LogP contribution in [-0.2, 0) is 0 Å². The second kappa shape index (κ2) is 8.58. The molecule has 10 heteroatoms. The van der Waals surface area contributed by atoms with Gasteiger partial charge in [-0.05, 0) is 31.2 Å². The van der Waals surface area contributed by atoms with Crippen molar-refractivity contribution in [2.75, 3.05) is 48.5 Å². The lowest BCUT2D eigenvalue weighted by Crippen LogP contribution is -2.50. The number of aromatic nitrogens is 3. The van der Waals surface area contributed by atoms with Gasteiger partial charge in [0, 0.05) is 50.2 Å². The molecule has 32 heavy (non-hydrogen) atoms. The first-order chi connectivity index (χ1) is 15.6. The number of hydrogen-bond donors (Lipinski definition) is 2. The Hall–Kier alpha value is -4.08. The number of amides is 2. The summed E-state index contributed by atoms with van der Waals surface area (Å²) in [6, 6.07) is 12.8. The van der Waals surface area contributed by atoms with E-state index in [2.05, 4.69) is 30.5 Å². The predicted octanol–water partition coefficient (Wildman–Crippen LogP) is 3.01. The largest absolute Gasteiger partial charge is 0.454 e. The molecule has 1 saturated heterocycles. The lowest BCUT2D eigenvalue weighted by molar-refractivity contribution is 0.174. The maximum Gasteiger partial charge on any atom is 0.321 e. The van der Waals surface area contributed by atoms with Gasteiger partial charge in [-0.25, -0.2) is 19.7 Å². The topological polar surface area (TPSA) is 105 Å². The summed E-state index contributed by atoms with van der Waals surface area (Å²) in [4.78, 5) is 30.0. The lowest BCUT2D eigenvalue weighted by Gasteiger charge is -2.35. The Bertz CT molecular complexity index is 1120. The van der Waals surface area contributed by atoms with Crippen LogP contribution in [0.2, 0.25) is 0 Å². The predicted molar refractivity (Wildman–Crippen MR) is 120 cm³/mol. The highest BCUT2D eigenvalue weighted by molar-refractivity contribution is 5.90. The number of carbonyl (C=O) groups excluding carboxylic acids is 1. The number of pyridine rings is 1. The van der Waals surface area contributed by atoms with E-state index < -0.39 is 0 Å². The third-order valence-corrected chi connectivity index (χ3v) is 5.26. The van der Waals surface area contributed by atoms with Crippen molar-refractivity contribution < 1.29 is 14.3 Å². The normalized spacial score (nSPS) is 14.9. The Morgan fingerprint density at radius 2 is 1.81 bits per heavy atom. The fraction of sp³-hybridized carbons (Fsp3) is 0.273. The Morgan fingerprint density at radius 1 is 0.969 bits per heavy atom. The van der Waals surface area contributed by atoms with Crippen LogP contribution in [0, 0.1) is 6.92 Å². The van der Waals surface area contributed by atoms with Crippen molar-refractivity contribution in [3.05, 3.63) is 54.5 Å². The smallest absolute Gasteiger partial charge is 0.321 e. The summed E-state index contributed by atoms with van der Waals surface area (Å²) in [7, 11) is 0. The number of urea groups is 1. The number of piperazine rings is 1. The van der Waals surface area contributed by atoms with Crippen molar-refractivity contribution in [1.82, 2.24) is 19.9 Å². The zero-order chi connectivity index (χ0) is 21.9. The summed E-state index contributed by atoms with van der Waals surface area (Å²) >= 11 is 0. The zero-order valence-corrected chi connectivity index (χ0v) is 17.6. The molecule has 0 unspecified atom stereocenters. The average Bonchev–Trinajstić information content (AvgIpc) is 3.27. The number of anilines is 4. The van der Waals surface area contributed by atoms with Gasteiger partial charge in [0.1, 0.15) is 23.3 Å². The molecule has 2 aromatic heterocycles. The highest BCUT2D eigenvalue weighted by atomic mass is 16.7. The minimum atomic E-state index is -0.139. The second-order valence-corrected chi connectivity index (χ2v) is 7.47. The number of ether oxygens (including phenoxy) is 2. The van der Waals surface area contributed by atoms with E-state index in [1.54, 1.807) is 29.3 Å². The van der Waals surface area contributed by atoms with Crippen LogP contribution in [-0.4, -0.2) is 58.9 Å². The molecule has 3 aromatic rings. The first-order valence-electron chi connectivity index (χ1n) is 10.4. The fourth-order valence-corrected chi connectivity index (χ4v) is 3.66. The number of fused-ring (bicyclic) bond motifs is 1. The molecule has 164 valence electrons. The Kier molecular flexibility index (Phi) is 5.32. The van der Waals surface area contributed by atoms with E-state index in [0.717, 1.165) is 11.6 Å². The molecule has 1 aromatic carbocycles. The van der Waals surface area contributed by atoms with Crippen LogP contribution < -0.4 is 25.0 Å². The molecule has 0 bridgehead atoms. The number of aryl methyl sites for hydroxylation is 1. The van der Waals surface area contributed by atoms with Gasteiger partial charge in [0.2, 0.25) is 6.79 Å². The molecule has 0 saturated carbocycles. The monoisotopic (exact) mass is 433 g/mol. The molecule has 2 amide bonds. The zero-order valence-electron chi connectivity index (χ0n) is 17.6. The quantitative estimate of drug-likeness (QED) is 0.647. The minimum absolute atomic E-state index is 0.139. The summed E-state index contributed by atoms with van der Waals surface area (Å²) in [6.07, 6.45) is 1.73. The van der Waals surface area contributed by atoms with Crippen molar-refractivity contribution in [3.8, 4) is 11.5 Å². The van der Waals surface area contributed by atoms with Crippen LogP contribution in [0.3, 0.4) is 0 Å². The van der Waals surface area contributed by atoms with Crippen molar-refractivity contribution in [2.45, 2.75) is 6.92 Å². The van der Waals surface area contributed by atoms with Crippen LogP contribution in [0.15, 0.2) is 48.7 Å². The van der Waals surface area contributed by atoms with Gasteiger partial charge in [0.25, 0.3) is 0 Å². The van der Waals surface area contributed by atoms with E-state index >= 15 is 0 Å². The van der Waals surface area contributed by atoms with E-state index in [0.29, 0.717) is 55.0 Å². The maximum absolute atomic E-state index is 12.7. The van der Waals surface area contributed by atoms with Crippen molar-refractivity contribution in [2.24, 2.45) is 0 Å². The lowest BCUT2D eigenvalue weighted by atomic mass is 10.2. The Morgan fingerprint density at radius 3 is 2.62 bits per heavy atom. The van der Waals surface area contributed by atoms with Gasteiger partial charge >= 0.3 is 6.03 Å². The Balaban J connectivity index is 1.20. The molecule has 5 rings (SSSR count). The van der Waals surface area contributed by atoms with E-state index in [9.17, 15) is 4.79 Å². The van der Waals surface area contributed by atoms with E-state index in [1.807, 2.05) is 31.2 Å². The molecule has 10 nitrogen and oxygen atoms in total. The van der Waals surface area contributed by atoms with Gasteiger partial charge in [-0.15, -0.1) is 0 Å². The van der Waals surface area contributed by atoms with E-state index in [4.69, 9.17) is 9.47 Å². The third-order valence-electron chi connectivity index (χ3n) is 5.26. The van der Waals surface area contributed by atoms with Crippen molar-refractivity contribution in [1.29, 1.82) is 0 Å². The average molecular weight is 433 g/mol. The first kappa shape index (κ1) is 19.9. The van der Waals surface area contributed by atoms with Crippen LogP contribution in [0.4, 0.5) is 27.9 Å². The second-order valence-electron chi connectivity index (χ2n) is 7.47. The molecule has 4 heterocycles. The molecule has 0 atom stereocenters. The van der Waals surface area contributed by atoms with E-state index in [-0.39, 0.29) is 12.8 Å².